The Bertz CT molecular complexity index is 779. The first-order chi connectivity index (χ1) is 14.2. The molecule has 2 heterocycles. The average Bonchev–Trinajstić information content (AvgIpc) is 3.13. The van der Waals surface area contributed by atoms with Crippen LogP contribution < -0.4 is 15.5 Å². The number of nitrogens with zero attached hydrogens (tertiary/aromatic N) is 4. The molecular weight excluding hydrogens is 367 g/mol. The van der Waals surface area contributed by atoms with E-state index in [4.69, 9.17) is 4.99 Å². The minimum atomic E-state index is -0.174. The van der Waals surface area contributed by atoms with E-state index in [0.717, 1.165) is 75.9 Å². The molecule has 0 amide bonds. The maximum atomic E-state index is 13.5. The standard InChI is InChI=1S/C22H33FN6/c1-3-24-22(26-11-4-5-13-28-16-12-25-18(28)2)27-20-9-14-29(15-10-20)21-8-6-7-19(23)17-21/h6-8,12,16-17,20H,3-5,9-11,13-15H2,1-2H3,(H2,24,26,27). The molecule has 1 aliphatic rings. The molecule has 0 saturated carbocycles. The predicted octanol–water partition coefficient (Wildman–Crippen LogP) is 3.33. The summed E-state index contributed by atoms with van der Waals surface area (Å²) in [6.07, 6.45) is 8.04. The van der Waals surface area contributed by atoms with Gasteiger partial charge in [0.1, 0.15) is 11.6 Å². The number of hydrogen-bond donors (Lipinski definition) is 2. The van der Waals surface area contributed by atoms with E-state index >= 15 is 0 Å². The van der Waals surface area contributed by atoms with Crippen molar-refractivity contribution < 1.29 is 4.39 Å². The molecule has 7 heteroatoms. The Balaban J connectivity index is 1.41. The zero-order chi connectivity index (χ0) is 20.5. The number of aromatic nitrogens is 2. The molecule has 6 nitrogen and oxygen atoms in total. The second-order valence-corrected chi connectivity index (χ2v) is 7.52. The summed E-state index contributed by atoms with van der Waals surface area (Å²) in [4.78, 5) is 11.3. The van der Waals surface area contributed by atoms with Gasteiger partial charge in [0.25, 0.3) is 0 Å². The summed E-state index contributed by atoms with van der Waals surface area (Å²) in [6, 6.07) is 7.26. The minimum absolute atomic E-state index is 0.174. The highest BCUT2D eigenvalue weighted by Crippen LogP contribution is 2.20. The first-order valence-corrected chi connectivity index (χ1v) is 10.7. The van der Waals surface area contributed by atoms with E-state index in [1.807, 2.05) is 25.4 Å². The normalized spacial score (nSPS) is 15.6. The van der Waals surface area contributed by atoms with Gasteiger partial charge >= 0.3 is 0 Å². The topological polar surface area (TPSA) is 57.5 Å². The molecule has 0 radical (unpaired) electrons. The summed E-state index contributed by atoms with van der Waals surface area (Å²) >= 11 is 0. The molecule has 1 aromatic heterocycles. The van der Waals surface area contributed by atoms with Crippen LogP contribution in [0.25, 0.3) is 0 Å². The molecule has 29 heavy (non-hydrogen) atoms. The molecular formula is C22H33FN6. The van der Waals surface area contributed by atoms with Crippen molar-refractivity contribution in [3.8, 4) is 0 Å². The van der Waals surface area contributed by atoms with Gasteiger partial charge in [-0.2, -0.15) is 0 Å². The second kappa shape index (κ2) is 10.8. The summed E-state index contributed by atoms with van der Waals surface area (Å²) in [7, 11) is 0. The van der Waals surface area contributed by atoms with Crippen LogP contribution >= 0.6 is 0 Å². The van der Waals surface area contributed by atoms with Gasteiger partial charge in [-0.3, -0.25) is 4.99 Å². The van der Waals surface area contributed by atoms with E-state index in [-0.39, 0.29) is 5.82 Å². The van der Waals surface area contributed by atoms with Crippen LogP contribution in [0.3, 0.4) is 0 Å². The Labute approximate surface area is 173 Å². The van der Waals surface area contributed by atoms with Crippen LogP contribution in [0.1, 0.15) is 38.4 Å². The molecule has 0 unspecified atom stereocenters. The number of nitrogens with one attached hydrogen (secondary N) is 2. The molecule has 1 aromatic carbocycles. The maximum Gasteiger partial charge on any atom is 0.191 e. The molecule has 0 atom stereocenters. The fraction of sp³-hybridized carbons (Fsp3) is 0.545. The van der Waals surface area contributed by atoms with Crippen molar-refractivity contribution in [3.05, 3.63) is 48.3 Å². The van der Waals surface area contributed by atoms with Gasteiger partial charge in [0.15, 0.2) is 5.96 Å². The Morgan fingerprint density at radius 1 is 1.28 bits per heavy atom. The third-order valence-electron chi connectivity index (χ3n) is 5.35. The SMILES string of the molecule is CCNC(=NCCCCn1ccnc1C)NC1CCN(c2cccc(F)c2)CC1. The zero-order valence-corrected chi connectivity index (χ0v) is 17.6. The Hall–Kier alpha value is -2.57. The van der Waals surface area contributed by atoms with Crippen LogP contribution in [-0.4, -0.2) is 47.7 Å². The maximum absolute atomic E-state index is 13.5. The fourth-order valence-electron chi connectivity index (χ4n) is 3.69. The molecule has 2 N–H and O–H groups in total. The molecule has 1 fully saturated rings. The number of aliphatic imine (C=N–C) groups is 1. The Morgan fingerprint density at radius 3 is 2.79 bits per heavy atom. The highest BCUT2D eigenvalue weighted by molar-refractivity contribution is 5.80. The van der Waals surface area contributed by atoms with E-state index in [0.29, 0.717) is 6.04 Å². The molecule has 2 aromatic rings. The van der Waals surface area contributed by atoms with Crippen molar-refractivity contribution in [2.45, 2.75) is 52.1 Å². The second-order valence-electron chi connectivity index (χ2n) is 7.52. The van der Waals surface area contributed by atoms with Crippen molar-refractivity contribution in [1.82, 2.24) is 20.2 Å². The van der Waals surface area contributed by atoms with Gasteiger partial charge in [0.2, 0.25) is 0 Å². The quantitative estimate of drug-likeness (QED) is 0.405. The van der Waals surface area contributed by atoms with Crippen molar-refractivity contribution >= 4 is 11.6 Å². The first-order valence-electron chi connectivity index (χ1n) is 10.7. The van der Waals surface area contributed by atoms with E-state index in [1.54, 1.807) is 12.1 Å². The third-order valence-corrected chi connectivity index (χ3v) is 5.35. The number of rotatable bonds is 8. The molecule has 0 aliphatic carbocycles. The van der Waals surface area contributed by atoms with Crippen LogP contribution in [0.2, 0.25) is 0 Å². The highest BCUT2D eigenvalue weighted by Gasteiger charge is 2.20. The number of imidazole rings is 1. The molecule has 3 rings (SSSR count). The number of benzene rings is 1. The molecule has 158 valence electrons. The van der Waals surface area contributed by atoms with Gasteiger partial charge in [-0.25, -0.2) is 9.37 Å². The van der Waals surface area contributed by atoms with Crippen molar-refractivity contribution in [2.24, 2.45) is 4.99 Å². The molecule has 0 spiro atoms. The lowest BCUT2D eigenvalue weighted by Gasteiger charge is -2.34. The van der Waals surface area contributed by atoms with Crippen LogP contribution in [0, 0.1) is 12.7 Å². The summed E-state index contributed by atoms with van der Waals surface area (Å²) in [6.45, 7) is 8.61. The summed E-state index contributed by atoms with van der Waals surface area (Å²) < 4.78 is 15.6. The Kier molecular flexibility index (Phi) is 7.90. The number of aryl methyl sites for hydroxylation is 2. The highest BCUT2D eigenvalue weighted by atomic mass is 19.1. The summed E-state index contributed by atoms with van der Waals surface area (Å²) in [5.41, 5.74) is 0.970. The molecule has 0 bridgehead atoms. The van der Waals surface area contributed by atoms with Crippen molar-refractivity contribution in [2.75, 3.05) is 31.1 Å². The van der Waals surface area contributed by atoms with Gasteiger partial charge in [-0.05, 0) is 57.7 Å². The van der Waals surface area contributed by atoms with Gasteiger partial charge in [-0.1, -0.05) is 6.07 Å². The van der Waals surface area contributed by atoms with Crippen LogP contribution in [-0.2, 0) is 6.54 Å². The first kappa shape index (κ1) is 21.1. The van der Waals surface area contributed by atoms with Crippen LogP contribution in [0.15, 0.2) is 41.7 Å². The van der Waals surface area contributed by atoms with E-state index in [9.17, 15) is 4.39 Å². The van der Waals surface area contributed by atoms with Gasteiger partial charge in [0, 0.05) is 56.8 Å². The van der Waals surface area contributed by atoms with Gasteiger partial charge in [0.05, 0.1) is 0 Å². The number of halogens is 1. The Morgan fingerprint density at radius 2 is 2.10 bits per heavy atom. The largest absolute Gasteiger partial charge is 0.371 e. The number of unbranched alkanes of at least 4 members (excludes halogenated alkanes) is 1. The fourth-order valence-corrected chi connectivity index (χ4v) is 3.69. The lowest BCUT2D eigenvalue weighted by atomic mass is 10.0. The monoisotopic (exact) mass is 400 g/mol. The molecule has 1 aliphatic heterocycles. The number of guanidine groups is 1. The number of anilines is 1. The molecule has 1 saturated heterocycles. The number of piperidine rings is 1. The van der Waals surface area contributed by atoms with Crippen LogP contribution in [0.5, 0.6) is 0 Å². The third kappa shape index (κ3) is 6.48. The lowest BCUT2D eigenvalue weighted by Crippen LogP contribution is -2.48. The van der Waals surface area contributed by atoms with Gasteiger partial charge in [-0.15, -0.1) is 0 Å². The van der Waals surface area contributed by atoms with Crippen molar-refractivity contribution in [1.29, 1.82) is 0 Å². The predicted molar refractivity (Wildman–Crippen MR) is 117 cm³/mol. The lowest BCUT2D eigenvalue weighted by molar-refractivity contribution is 0.461. The number of hydrogen-bond acceptors (Lipinski definition) is 3. The van der Waals surface area contributed by atoms with Crippen LogP contribution in [0.4, 0.5) is 10.1 Å². The smallest absolute Gasteiger partial charge is 0.191 e. The van der Waals surface area contributed by atoms with E-state index in [1.165, 1.54) is 6.07 Å². The van der Waals surface area contributed by atoms with E-state index in [2.05, 4.69) is 32.0 Å². The minimum Gasteiger partial charge on any atom is -0.371 e. The summed E-state index contributed by atoms with van der Waals surface area (Å²) in [5.74, 6) is 1.79. The average molecular weight is 401 g/mol. The van der Waals surface area contributed by atoms with E-state index < -0.39 is 0 Å². The zero-order valence-electron chi connectivity index (χ0n) is 17.6. The van der Waals surface area contributed by atoms with Gasteiger partial charge < -0.3 is 20.1 Å². The van der Waals surface area contributed by atoms with Crippen molar-refractivity contribution in [3.63, 3.8) is 0 Å². The summed E-state index contributed by atoms with van der Waals surface area (Å²) in [5, 5.41) is 6.93.